The molecule has 0 aliphatic rings. The highest BCUT2D eigenvalue weighted by Gasteiger charge is 2.19. The summed E-state index contributed by atoms with van der Waals surface area (Å²) in [6.07, 6.45) is 96.8. The lowest BCUT2D eigenvalue weighted by atomic mass is 10.0. The summed E-state index contributed by atoms with van der Waals surface area (Å²) in [4.78, 5) is 38.1. The maximum Gasteiger partial charge on any atom is 0.306 e. The number of allylic oxidation sites excluding steroid dienone is 20. The van der Waals surface area contributed by atoms with E-state index in [4.69, 9.17) is 14.2 Å². The molecule has 0 aromatic rings. The smallest absolute Gasteiger partial charge is 0.306 e. The van der Waals surface area contributed by atoms with Gasteiger partial charge in [-0.1, -0.05) is 309 Å². The first kappa shape index (κ1) is 77.8. The minimum Gasteiger partial charge on any atom is -0.462 e. The lowest BCUT2D eigenvalue weighted by Gasteiger charge is -2.18. The minimum atomic E-state index is -0.781. The van der Waals surface area contributed by atoms with Gasteiger partial charge in [-0.05, 0) is 116 Å². The second kappa shape index (κ2) is 69.3. The van der Waals surface area contributed by atoms with Gasteiger partial charge in [0, 0.05) is 19.3 Å². The van der Waals surface area contributed by atoms with Gasteiger partial charge in [-0.2, -0.15) is 0 Å². The van der Waals surface area contributed by atoms with Crippen molar-refractivity contribution >= 4 is 17.9 Å². The number of hydrogen-bond acceptors (Lipinski definition) is 6. The molecule has 82 heavy (non-hydrogen) atoms. The molecular weight excluding hydrogens is 1010 g/mol. The zero-order chi connectivity index (χ0) is 59.2. The molecule has 0 amide bonds. The Bertz CT molecular complexity index is 1690. The Hall–Kier alpha value is -4.19. The third-order valence-corrected chi connectivity index (χ3v) is 14.7. The molecule has 0 fully saturated rings. The first-order valence-electron chi connectivity index (χ1n) is 34.5. The summed E-state index contributed by atoms with van der Waals surface area (Å²) in [5.41, 5.74) is 0. The van der Waals surface area contributed by atoms with Gasteiger partial charge in [-0.25, -0.2) is 0 Å². The first-order chi connectivity index (χ1) is 40.5. The Labute approximate surface area is 507 Å². The summed E-state index contributed by atoms with van der Waals surface area (Å²) in [7, 11) is 0. The van der Waals surface area contributed by atoms with E-state index in [0.29, 0.717) is 19.3 Å². The fourth-order valence-electron chi connectivity index (χ4n) is 9.55. The molecule has 0 saturated carbocycles. The summed E-state index contributed by atoms with van der Waals surface area (Å²) in [5.74, 6) is -0.891. The SMILES string of the molecule is CC/C=C\C/C=C\C/C=C\C/C=C\C/C=C\C/C=C\C/C=C\CCCCCCCCCCCCCCCC(=O)OCC(COC(=O)CCCCCCCC)OC(=O)CCCCCCCCCC/C=C\C/C=C\C/C=C\CCCCCCC. The molecule has 0 aromatic heterocycles. The van der Waals surface area contributed by atoms with Gasteiger partial charge in [0.05, 0.1) is 0 Å². The van der Waals surface area contributed by atoms with Crippen LogP contribution >= 0.6 is 0 Å². The predicted octanol–water partition coefficient (Wildman–Crippen LogP) is 23.9. The summed E-state index contributed by atoms with van der Waals surface area (Å²) < 4.78 is 16.8. The van der Waals surface area contributed by atoms with Crippen LogP contribution < -0.4 is 0 Å². The molecule has 468 valence electrons. The molecular formula is C76H128O6. The van der Waals surface area contributed by atoms with Crippen molar-refractivity contribution in [1.29, 1.82) is 0 Å². The monoisotopic (exact) mass is 1140 g/mol. The van der Waals surface area contributed by atoms with Gasteiger partial charge in [0.25, 0.3) is 0 Å². The van der Waals surface area contributed by atoms with Crippen LogP contribution in [0.5, 0.6) is 0 Å². The Morgan fingerprint density at radius 3 is 0.744 bits per heavy atom. The van der Waals surface area contributed by atoms with E-state index in [1.807, 2.05) is 0 Å². The van der Waals surface area contributed by atoms with Crippen LogP contribution in [-0.2, 0) is 28.6 Å². The Morgan fingerprint density at radius 1 is 0.256 bits per heavy atom. The van der Waals surface area contributed by atoms with Crippen LogP contribution in [0.15, 0.2) is 122 Å². The van der Waals surface area contributed by atoms with Crippen molar-refractivity contribution in [3.63, 3.8) is 0 Å². The number of hydrogen-bond donors (Lipinski definition) is 0. The van der Waals surface area contributed by atoms with E-state index >= 15 is 0 Å². The van der Waals surface area contributed by atoms with Crippen LogP contribution in [-0.4, -0.2) is 37.2 Å². The van der Waals surface area contributed by atoms with Crippen molar-refractivity contribution in [1.82, 2.24) is 0 Å². The van der Waals surface area contributed by atoms with Crippen molar-refractivity contribution in [2.45, 2.75) is 329 Å². The van der Waals surface area contributed by atoms with Crippen molar-refractivity contribution in [3.8, 4) is 0 Å². The minimum absolute atomic E-state index is 0.0805. The highest BCUT2D eigenvalue weighted by molar-refractivity contribution is 5.71. The molecule has 1 unspecified atom stereocenters. The molecule has 0 aliphatic carbocycles. The van der Waals surface area contributed by atoms with Crippen molar-refractivity contribution in [2.24, 2.45) is 0 Å². The van der Waals surface area contributed by atoms with Gasteiger partial charge in [-0.15, -0.1) is 0 Å². The number of ether oxygens (including phenoxy) is 3. The predicted molar refractivity (Wildman–Crippen MR) is 357 cm³/mol. The Balaban J connectivity index is 4.05. The van der Waals surface area contributed by atoms with Gasteiger partial charge in [-0.3, -0.25) is 14.4 Å². The number of carbonyl (C=O) groups is 3. The van der Waals surface area contributed by atoms with Crippen LogP contribution in [0.4, 0.5) is 0 Å². The fourth-order valence-corrected chi connectivity index (χ4v) is 9.55. The average molecular weight is 1140 g/mol. The van der Waals surface area contributed by atoms with E-state index in [1.54, 1.807) is 0 Å². The average Bonchev–Trinajstić information content (AvgIpc) is 3.47. The quantitative estimate of drug-likeness (QED) is 0.0261. The summed E-state index contributed by atoms with van der Waals surface area (Å²) >= 11 is 0. The van der Waals surface area contributed by atoms with Crippen molar-refractivity contribution < 1.29 is 28.6 Å². The van der Waals surface area contributed by atoms with E-state index < -0.39 is 6.10 Å². The normalized spacial score (nSPS) is 12.9. The van der Waals surface area contributed by atoms with E-state index in [9.17, 15) is 14.4 Å². The summed E-state index contributed by atoms with van der Waals surface area (Å²) in [6.45, 7) is 6.47. The number of carbonyl (C=O) groups excluding carboxylic acids is 3. The third-order valence-electron chi connectivity index (χ3n) is 14.7. The third kappa shape index (κ3) is 66.6. The van der Waals surface area contributed by atoms with Crippen molar-refractivity contribution in [3.05, 3.63) is 122 Å². The maximum atomic E-state index is 12.9. The van der Waals surface area contributed by atoms with E-state index in [2.05, 4.69) is 142 Å². The summed E-state index contributed by atoms with van der Waals surface area (Å²) in [5, 5.41) is 0. The standard InChI is InChI=1S/C76H128O6/c1-4-7-10-13-16-18-20-22-24-26-28-30-32-33-34-35-36-37-38-39-40-41-42-43-45-46-48-50-52-54-56-58-60-63-66-69-75(78)81-72-73(71-80-74(77)68-65-62-15-12-9-6-3)82-76(79)70-67-64-61-59-57-55-53-51-49-47-44-31-29-27-25-23-21-19-17-14-11-8-5-2/h7,10,16,18,21-24,27-30,33-34,36-37,39-40,44,47,73H,4-6,8-9,11-15,17,19-20,25-26,31-32,35,38,41-43,45-46,48-72H2,1-3H3/b10-7-,18-16-,23-21-,24-22-,29-27-,30-28-,34-33-,37-36-,40-39-,47-44-. The Kier molecular flexibility index (Phi) is 65.8. The van der Waals surface area contributed by atoms with Crippen LogP contribution in [0.25, 0.3) is 0 Å². The van der Waals surface area contributed by atoms with Gasteiger partial charge in [0.2, 0.25) is 0 Å². The molecule has 0 bridgehead atoms. The molecule has 0 saturated heterocycles. The maximum absolute atomic E-state index is 12.9. The van der Waals surface area contributed by atoms with Crippen molar-refractivity contribution in [2.75, 3.05) is 13.2 Å². The van der Waals surface area contributed by atoms with Gasteiger partial charge < -0.3 is 14.2 Å². The molecule has 0 spiro atoms. The molecule has 6 nitrogen and oxygen atoms in total. The van der Waals surface area contributed by atoms with Gasteiger partial charge in [0.1, 0.15) is 13.2 Å². The van der Waals surface area contributed by atoms with E-state index in [1.165, 1.54) is 161 Å². The molecule has 0 N–H and O–H groups in total. The second-order valence-electron chi connectivity index (χ2n) is 22.7. The van der Waals surface area contributed by atoms with Gasteiger partial charge >= 0.3 is 17.9 Å². The highest BCUT2D eigenvalue weighted by atomic mass is 16.6. The molecule has 0 heterocycles. The molecule has 0 rings (SSSR count). The molecule has 1 atom stereocenters. The van der Waals surface area contributed by atoms with E-state index in [-0.39, 0.29) is 31.1 Å². The number of esters is 3. The second-order valence-corrected chi connectivity index (χ2v) is 22.7. The first-order valence-corrected chi connectivity index (χ1v) is 34.5. The molecule has 0 aliphatic heterocycles. The van der Waals surface area contributed by atoms with Crippen LogP contribution in [0, 0.1) is 0 Å². The Morgan fingerprint density at radius 2 is 0.476 bits per heavy atom. The van der Waals surface area contributed by atoms with E-state index in [0.717, 1.165) is 122 Å². The van der Waals surface area contributed by atoms with Crippen LogP contribution in [0.1, 0.15) is 323 Å². The zero-order valence-electron chi connectivity index (χ0n) is 53.7. The lowest BCUT2D eigenvalue weighted by molar-refractivity contribution is -0.167. The number of rotatable bonds is 62. The zero-order valence-corrected chi connectivity index (χ0v) is 53.7. The molecule has 0 radical (unpaired) electrons. The van der Waals surface area contributed by atoms with Gasteiger partial charge in [0.15, 0.2) is 6.10 Å². The summed E-state index contributed by atoms with van der Waals surface area (Å²) in [6, 6.07) is 0. The topological polar surface area (TPSA) is 78.9 Å². The van der Waals surface area contributed by atoms with Crippen LogP contribution in [0.2, 0.25) is 0 Å². The molecule has 0 aromatic carbocycles. The highest BCUT2D eigenvalue weighted by Crippen LogP contribution is 2.16. The number of unbranched alkanes of at least 4 members (excludes halogenated alkanes) is 31. The molecule has 6 heteroatoms. The fraction of sp³-hybridized carbons (Fsp3) is 0.697. The largest absolute Gasteiger partial charge is 0.462 e. The lowest BCUT2D eigenvalue weighted by Crippen LogP contribution is -2.30. The van der Waals surface area contributed by atoms with Crippen LogP contribution in [0.3, 0.4) is 0 Å².